The quantitative estimate of drug-likeness (QED) is 0.273. The zero-order chi connectivity index (χ0) is 23.8. The zero-order valence-electron chi connectivity index (χ0n) is 19.9. The summed E-state index contributed by atoms with van der Waals surface area (Å²) in [6.07, 6.45) is 0. The molecule has 0 saturated carbocycles. The van der Waals surface area contributed by atoms with Crippen LogP contribution in [0.4, 0.5) is 0 Å². The van der Waals surface area contributed by atoms with E-state index in [0.29, 0.717) is 19.7 Å². The van der Waals surface area contributed by atoms with E-state index in [1.54, 1.807) is 0 Å². The minimum atomic E-state index is -1.11. The molecule has 0 amide bonds. The highest BCUT2D eigenvalue weighted by atomic mass is 16.5. The van der Waals surface area contributed by atoms with Crippen molar-refractivity contribution in [2.75, 3.05) is 6.61 Å². The fourth-order valence-corrected chi connectivity index (χ4v) is 4.51. The molecule has 0 fully saturated rings. The maximum atomic E-state index is 14.1. The molecule has 1 atom stereocenters. The van der Waals surface area contributed by atoms with E-state index in [-0.39, 0.29) is 5.97 Å². The van der Waals surface area contributed by atoms with Crippen LogP contribution in [0.1, 0.15) is 34.7 Å². The van der Waals surface area contributed by atoms with Gasteiger partial charge >= 0.3 is 5.97 Å². The average Bonchev–Trinajstić information content (AvgIpc) is 2.87. The van der Waals surface area contributed by atoms with Crippen LogP contribution in [0.3, 0.4) is 0 Å². The normalized spacial score (nSPS) is 12.8. The number of ether oxygens (including phenoxy) is 1. The van der Waals surface area contributed by atoms with Gasteiger partial charge in [0.1, 0.15) is 0 Å². The van der Waals surface area contributed by atoms with E-state index in [9.17, 15) is 4.79 Å². The monoisotopic (exact) mass is 449 g/mol. The molecule has 34 heavy (non-hydrogen) atoms. The Labute approximate surface area is 202 Å². The third-order valence-electron chi connectivity index (χ3n) is 6.14. The predicted molar refractivity (Wildman–Crippen MR) is 137 cm³/mol. The van der Waals surface area contributed by atoms with Gasteiger partial charge in [0.05, 0.1) is 6.61 Å². The van der Waals surface area contributed by atoms with Gasteiger partial charge in [0.15, 0.2) is 5.54 Å². The summed E-state index contributed by atoms with van der Waals surface area (Å²) in [5.41, 5.74) is 4.09. The van der Waals surface area contributed by atoms with E-state index < -0.39 is 5.54 Å². The molecule has 1 unspecified atom stereocenters. The van der Waals surface area contributed by atoms with Gasteiger partial charge in [-0.2, -0.15) is 0 Å². The van der Waals surface area contributed by atoms with Gasteiger partial charge in [0.25, 0.3) is 0 Å². The van der Waals surface area contributed by atoms with E-state index in [2.05, 4.69) is 60.4 Å². The molecule has 172 valence electrons. The maximum Gasteiger partial charge on any atom is 0.335 e. The van der Waals surface area contributed by atoms with Crippen LogP contribution < -0.4 is 0 Å². The van der Waals surface area contributed by atoms with Crippen molar-refractivity contribution in [1.29, 1.82) is 0 Å². The number of esters is 1. The van der Waals surface area contributed by atoms with Crippen molar-refractivity contribution in [2.24, 2.45) is 0 Å². The highest BCUT2D eigenvalue weighted by molar-refractivity contribution is 5.87. The SMILES string of the molecule is CCOC(=O)C(c1ccccc1)(c1ccc(C)cc1)N(Cc1ccccc1)Cc1ccccc1. The lowest BCUT2D eigenvalue weighted by atomic mass is 9.80. The van der Waals surface area contributed by atoms with Crippen molar-refractivity contribution < 1.29 is 9.53 Å². The van der Waals surface area contributed by atoms with Crippen LogP contribution in [0.2, 0.25) is 0 Å². The summed E-state index contributed by atoms with van der Waals surface area (Å²) < 4.78 is 5.82. The first kappa shape index (κ1) is 23.5. The molecule has 4 aromatic rings. The Morgan fingerprint density at radius 2 is 1.12 bits per heavy atom. The zero-order valence-corrected chi connectivity index (χ0v) is 19.9. The van der Waals surface area contributed by atoms with Crippen molar-refractivity contribution in [1.82, 2.24) is 4.90 Å². The molecule has 4 rings (SSSR count). The lowest BCUT2D eigenvalue weighted by molar-refractivity contribution is -0.157. The van der Waals surface area contributed by atoms with Crippen LogP contribution >= 0.6 is 0 Å². The molecule has 0 aliphatic carbocycles. The smallest absolute Gasteiger partial charge is 0.335 e. The van der Waals surface area contributed by atoms with E-state index >= 15 is 0 Å². The summed E-state index contributed by atoms with van der Waals surface area (Å²) >= 11 is 0. The number of rotatable bonds is 9. The molecule has 0 aromatic heterocycles. The highest BCUT2D eigenvalue weighted by Crippen LogP contribution is 2.40. The minimum Gasteiger partial charge on any atom is -0.464 e. The molecule has 0 bridgehead atoms. The first-order valence-corrected chi connectivity index (χ1v) is 11.8. The van der Waals surface area contributed by atoms with Gasteiger partial charge in [-0.25, -0.2) is 4.79 Å². The summed E-state index contributed by atoms with van der Waals surface area (Å²) in [6, 6.07) is 38.9. The summed E-state index contributed by atoms with van der Waals surface area (Å²) in [5.74, 6) is -0.267. The Kier molecular flexibility index (Phi) is 7.56. The number of benzene rings is 4. The molecular formula is C31H31NO2. The molecular weight excluding hydrogens is 418 g/mol. The van der Waals surface area contributed by atoms with Gasteiger partial charge in [0.2, 0.25) is 0 Å². The summed E-state index contributed by atoms with van der Waals surface area (Å²) in [6.45, 7) is 5.39. The first-order valence-electron chi connectivity index (χ1n) is 11.8. The molecule has 0 saturated heterocycles. The average molecular weight is 450 g/mol. The fraction of sp³-hybridized carbons (Fsp3) is 0.194. The van der Waals surface area contributed by atoms with Crippen molar-refractivity contribution in [3.05, 3.63) is 143 Å². The first-order chi connectivity index (χ1) is 16.6. The van der Waals surface area contributed by atoms with Gasteiger partial charge in [-0.15, -0.1) is 0 Å². The number of carbonyl (C=O) groups excluding carboxylic acids is 1. The molecule has 0 heterocycles. The van der Waals surface area contributed by atoms with Crippen LogP contribution in [-0.2, 0) is 28.2 Å². The largest absolute Gasteiger partial charge is 0.464 e. The number of nitrogens with zero attached hydrogens (tertiary/aromatic N) is 1. The number of aryl methyl sites for hydroxylation is 1. The third-order valence-corrected chi connectivity index (χ3v) is 6.14. The Morgan fingerprint density at radius 1 is 0.676 bits per heavy atom. The van der Waals surface area contributed by atoms with Crippen molar-refractivity contribution in [3.63, 3.8) is 0 Å². The Balaban J connectivity index is 1.97. The molecule has 4 aromatic carbocycles. The summed E-state index contributed by atoms with van der Waals surface area (Å²) in [7, 11) is 0. The van der Waals surface area contributed by atoms with E-state index in [1.165, 1.54) is 0 Å². The molecule has 3 heteroatoms. The number of hydrogen-bond donors (Lipinski definition) is 0. The third kappa shape index (κ3) is 4.95. The maximum absolute atomic E-state index is 14.1. The van der Waals surface area contributed by atoms with E-state index in [4.69, 9.17) is 4.74 Å². The minimum absolute atomic E-state index is 0.267. The Bertz CT molecular complexity index is 1130. The van der Waals surface area contributed by atoms with Crippen molar-refractivity contribution >= 4 is 5.97 Å². The number of hydrogen-bond acceptors (Lipinski definition) is 3. The lowest BCUT2D eigenvalue weighted by Gasteiger charge is -2.43. The molecule has 0 radical (unpaired) electrons. The molecule has 0 spiro atoms. The molecule has 0 N–H and O–H groups in total. The number of carbonyl (C=O) groups is 1. The summed E-state index contributed by atoms with van der Waals surface area (Å²) in [5, 5.41) is 0. The van der Waals surface area contributed by atoms with Crippen LogP contribution in [0.5, 0.6) is 0 Å². The lowest BCUT2D eigenvalue weighted by Crippen LogP contribution is -2.53. The molecule has 0 aliphatic rings. The topological polar surface area (TPSA) is 29.5 Å². The van der Waals surface area contributed by atoms with Crippen LogP contribution in [0.15, 0.2) is 115 Å². The van der Waals surface area contributed by atoms with E-state index in [0.717, 1.165) is 27.8 Å². The standard InChI is InChI=1S/C31H31NO2/c1-3-34-30(33)31(28-17-11-6-12-18-28,29-21-19-25(2)20-22-29)32(23-26-13-7-4-8-14-26)24-27-15-9-5-10-16-27/h4-22H,3,23-24H2,1-2H3. The molecule has 3 nitrogen and oxygen atoms in total. The summed E-state index contributed by atoms with van der Waals surface area (Å²) in [4.78, 5) is 16.4. The van der Waals surface area contributed by atoms with Gasteiger partial charge in [-0.05, 0) is 36.1 Å². The van der Waals surface area contributed by atoms with Gasteiger partial charge in [0, 0.05) is 13.1 Å². The molecule has 0 aliphatic heterocycles. The Hall–Kier alpha value is -3.69. The van der Waals surface area contributed by atoms with Crippen LogP contribution in [0.25, 0.3) is 0 Å². The van der Waals surface area contributed by atoms with Crippen molar-refractivity contribution in [2.45, 2.75) is 32.5 Å². The second-order valence-corrected chi connectivity index (χ2v) is 8.49. The van der Waals surface area contributed by atoms with Gasteiger partial charge < -0.3 is 4.74 Å². The second kappa shape index (κ2) is 11.0. The fourth-order valence-electron chi connectivity index (χ4n) is 4.51. The van der Waals surface area contributed by atoms with Crippen LogP contribution in [0, 0.1) is 6.92 Å². The highest BCUT2D eigenvalue weighted by Gasteiger charge is 2.48. The van der Waals surface area contributed by atoms with Gasteiger partial charge in [-0.1, -0.05) is 121 Å². The van der Waals surface area contributed by atoms with Crippen LogP contribution in [-0.4, -0.2) is 17.5 Å². The van der Waals surface area contributed by atoms with Crippen molar-refractivity contribution in [3.8, 4) is 0 Å². The second-order valence-electron chi connectivity index (χ2n) is 8.49. The predicted octanol–water partition coefficient (Wildman–Crippen LogP) is 6.50. The van der Waals surface area contributed by atoms with Gasteiger partial charge in [-0.3, -0.25) is 4.90 Å². The van der Waals surface area contributed by atoms with E-state index in [1.807, 2.05) is 73.7 Å². The Morgan fingerprint density at radius 3 is 1.59 bits per heavy atom.